The molecule has 1 heterocycles. The summed E-state index contributed by atoms with van der Waals surface area (Å²) in [5, 5.41) is 9.32. The van der Waals surface area contributed by atoms with E-state index >= 15 is 0 Å². The molecule has 2 atom stereocenters. The lowest BCUT2D eigenvalue weighted by Gasteiger charge is -2.18. The lowest BCUT2D eigenvalue weighted by Crippen LogP contribution is -2.40. The maximum Gasteiger partial charge on any atom is 0.325 e. The minimum absolute atomic E-state index is 0.350. The average molecular weight is 159 g/mol. The van der Waals surface area contributed by atoms with Gasteiger partial charge in [0.15, 0.2) is 0 Å². The van der Waals surface area contributed by atoms with Crippen LogP contribution in [0.1, 0.15) is 6.42 Å². The van der Waals surface area contributed by atoms with Crippen LogP contribution in [0.25, 0.3) is 0 Å². The molecular weight excluding hydrogens is 146 g/mol. The second-order valence-electron chi connectivity index (χ2n) is 2.80. The largest absolute Gasteiger partial charge is 0.468 e. The minimum atomic E-state index is -0.563. The predicted octanol–water partition coefficient (Wildman–Crippen LogP) is -0.776. The molecule has 1 rings (SSSR count). The molecule has 0 saturated carbocycles. The van der Waals surface area contributed by atoms with Gasteiger partial charge in [0.1, 0.15) is 6.04 Å². The summed E-state index contributed by atoms with van der Waals surface area (Å²) in [6, 6.07) is -0.458. The van der Waals surface area contributed by atoms with Crippen LogP contribution >= 0.6 is 0 Å². The van der Waals surface area contributed by atoms with Gasteiger partial charge < -0.3 is 9.84 Å². The molecule has 64 valence electrons. The summed E-state index contributed by atoms with van der Waals surface area (Å²) in [4.78, 5) is 12.8. The number of hydrogen-bond acceptors (Lipinski definition) is 4. The molecule has 0 spiro atoms. The number of likely N-dealkylation sites (tertiary alicyclic amines) is 1. The number of carbonyl (C=O) groups excluding carboxylic acids is 1. The molecule has 0 aliphatic carbocycles. The van der Waals surface area contributed by atoms with Crippen LogP contribution in [0.4, 0.5) is 0 Å². The number of likely N-dealkylation sites (N-methyl/N-ethyl adjacent to an activating group) is 1. The van der Waals surface area contributed by atoms with E-state index in [1.807, 2.05) is 0 Å². The number of aliphatic hydroxyl groups excluding tert-OH is 1. The van der Waals surface area contributed by atoms with Crippen molar-refractivity contribution in [2.75, 3.05) is 20.7 Å². The summed E-state index contributed by atoms with van der Waals surface area (Å²) >= 11 is 0. The molecule has 0 amide bonds. The molecule has 0 unspecified atom stereocenters. The van der Waals surface area contributed by atoms with Gasteiger partial charge in [-0.1, -0.05) is 0 Å². The van der Waals surface area contributed by atoms with E-state index in [0.29, 0.717) is 6.42 Å². The zero-order chi connectivity index (χ0) is 8.43. The van der Waals surface area contributed by atoms with Crippen LogP contribution in [-0.2, 0) is 9.53 Å². The van der Waals surface area contributed by atoms with Crippen LogP contribution in [0, 0.1) is 0 Å². The average Bonchev–Trinajstić information content (AvgIpc) is 2.30. The Bertz CT molecular complexity index is 150. The van der Waals surface area contributed by atoms with Crippen LogP contribution < -0.4 is 0 Å². The highest BCUT2D eigenvalue weighted by Gasteiger charge is 2.36. The fraction of sp³-hybridized carbons (Fsp3) is 0.857. The number of hydrogen-bond donors (Lipinski definition) is 1. The monoisotopic (exact) mass is 159 g/mol. The maximum atomic E-state index is 11.0. The Morgan fingerprint density at radius 3 is 2.73 bits per heavy atom. The van der Waals surface area contributed by atoms with E-state index in [1.165, 1.54) is 7.11 Å². The fourth-order valence-corrected chi connectivity index (χ4v) is 1.38. The smallest absolute Gasteiger partial charge is 0.325 e. The maximum absolute atomic E-state index is 11.0. The number of aliphatic hydroxyl groups is 1. The molecule has 1 saturated heterocycles. The predicted molar refractivity (Wildman–Crippen MR) is 39.1 cm³/mol. The van der Waals surface area contributed by atoms with Gasteiger partial charge in [0, 0.05) is 6.54 Å². The van der Waals surface area contributed by atoms with E-state index in [9.17, 15) is 9.90 Å². The van der Waals surface area contributed by atoms with E-state index in [1.54, 1.807) is 11.9 Å². The topological polar surface area (TPSA) is 49.8 Å². The first-order valence-corrected chi connectivity index (χ1v) is 3.63. The van der Waals surface area contributed by atoms with Crippen molar-refractivity contribution in [1.29, 1.82) is 0 Å². The van der Waals surface area contributed by atoms with Crippen molar-refractivity contribution in [3.63, 3.8) is 0 Å². The van der Waals surface area contributed by atoms with Crippen LogP contribution in [0.15, 0.2) is 0 Å². The number of esters is 1. The van der Waals surface area contributed by atoms with E-state index in [-0.39, 0.29) is 5.97 Å². The molecule has 11 heavy (non-hydrogen) atoms. The van der Waals surface area contributed by atoms with Crippen molar-refractivity contribution < 1.29 is 14.6 Å². The summed E-state index contributed by atoms with van der Waals surface area (Å²) in [6.45, 7) is 0.751. The molecule has 0 aromatic heterocycles. The molecule has 1 N–H and O–H groups in total. The van der Waals surface area contributed by atoms with E-state index in [0.717, 1.165) is 6.54 Å². The summed E-state index contributed by atoms with van der Waals surface area (Å²) in [5.41, 5.74) is 0. The summed E-state index contributed by atoms with van der Waals surface area (Å²) in [5.74, 6) is -0.350. The Morgan fingerprint density at radius 1 is 1.73 bits per heavy atom. The molecule has 0 aromatic carbocycles. The molecule has 0 radical (unpaired) electrons. The van der Waals surface area contributed by atoms with Crippen molar-refractivity contribution in [3.8, 4) is 0 Å². The van der Waals surface area contributed by atoms with Gasteiger partial charge in [-0.05, 0) is 13.5 Å². The number of rotatable bonds is 1. The molecule has 1 aliphatic rings. The van der Waals surface area contributed by atoms with Gasteiger partial charge in [-0.3, -0.25) is 9.69 Å². The van der Waals surface area contributed by atoms with Crippen molar-refractivity contribution in [2.45, 2.75) is 18.6 Å². The Kier molecular flexibility index (Phi) is 2.46. The quantitative estimate of drug-likeness (QED) is 0.510. The van der Waals surface area contributed by atoms with Crippen molar-refractivity contribution in [2.24, 2.45) is 0 Å². The van der Waals surface area contributed by atoms with Gasteiger partial charge in [-0.15, -0.1) is 0 Å². The molecule has 0 aromatic rings. The third-order valence-corrected chi connectivity index (χ3v) is 2.06. The van der Waals surface area contributed by atoms with Crippen molar-refractivity contribution in [3.05, 3.63) is 0 Å². The minimum Gasteiger partial charge on any atom is -0.468 e. The highest BCUT2D eigenvalue weighted by molar-refractivity contribution is 5.76. The van der Waals surface area contributed by atoms with Crippen molar-refractivity contribution >= 4 is 5.97 Å². The highest BCUT2D eigenvalue weighted by Crippen LogP contribution is 2.16. The zero-order valence-corrected chi connectivity index (χ0v) is 6.78. The van der Waals surface area contributed by atoms with Gasteiger partial charge in [-0.2, -0.15) is 0 Å². The van der Waals surface area contributed by atoms with Crippen LogP contribution in [0.2, 0.25) is 0 Å². The first-order valence-electron chi connectivity index (χ1n) is 3.63. The first kappa shape index (κ1) is 8.49. The summed E-state index contributed by atoms with van der Waals surface area (Å²) in [7, 11) is 3.14. The molecule has 4 heteroatoms. The molecule has 1 aliphatic heterocycles. The molecule has 4 nitrogen and oxygen atoms in total. The molecular formula is C7H13NO3. The van der Waals surface area contributed by atoms with Gasteiger partial charge in [-0.25, -0.2) is 0 Å². The number of carbonyl (C=O) groups is 1. The Balaban J connectivity index is 2.60. The zero-order valence-electron chi connectivity index (χ0n) is 6.78. The lowest BCUT2D eigenvalue weighted by molar-refractivity contribution is -0.148. The van der Waals surface area contributed by atoms with E-state index in [4.69, 9.17) is 0 Å². The van der Waals surface area contributed by atoms with Crippen LogP contribution in [0.3, 0.4) is 0 Å². The number of nitrogens with zero attached hydrogens (tertiary/aromatic N) is 1. The second kappa shape index (κ2) is 3.19. The standard InChI is InChI=1S/C7H13NO3/c1-8-4-3-5(9)6(8)7(10)11-2/h5-6,9H,3-4H2,1-2H3/t5-,6-/m0/s1. The van der Waals surface area contributed by atoms with Gasteiger partial charge in [0.2, 0.25) is 0 Å². The van der Waals surface area contributed by atoms with E-state index < -0.39 is 12.1 Å². The summed E-state index contributed by atoms with van der Waals surface area (Å²) < 4.78 is 4.53. The molecule has 0 bridgehead atoms. The van der Waals surface area contributed by atoms with Crippen LogP contribution in [-0.4, -0.2) is 48.8 Å². The SMILES string of the molecule is COC(=O)[C@@H]1[C@@H](O)CCN1C. The van der Waals surface area contributed by atoms with E-state index in [2.05, 4.69) is 4.74 Å². The van der Waals surface area contributed by atoms with Crippen LogP contribution in [0.5, 0.6) is 0 Å². The number of methoxy groups -OCH3 is 1. The Morgan fingerprint density at radius 2 is 2.36 bits per heavy atom. The Hall–Kier alpha value is -0.610. The third-order valence-electron chi connectivity index (χ3n) is 2.06. The fourth-order valence-electron chi connectivity index (χ4n) is 1.38. The Labute approximate surface area is 65.8 Å². The number of ether oxygens (including phenoxy) is 1. The molecule has 1 fully saturated rings. The third kappa shape index (κ3) is 1.52. The highest BCUT2D eigenvalue weighted by atomic mass is 16.5. The van der Waals surface area contributed by atoms with Crippen molar-refractivity contribution in [1.82, 2.24) is 4.90 Å². The van der Waals surface area contributed by atoms with Gasteiger partial charge in [0.25, 0.3) is 0 Å². The summed E-state index contributed by atoms with van der Waals surface area (Å²) in [6.07, 6.45) is 0.0865. The lowest BCUT2D eigenvalue weighted by atomic mass is 10.2. The van der Waals surface area contributed by atoms with Gasteiger partial charge in [0.05, 0.1) is 13.2 Å². The second-order valence-corrected chi connectivity index (χ2v) is 2.80. The normalized spacial score (nSPS) is 32.3. The first-order chi connectivity index (χ1) is 5.16. The van der Waals surface area contributed by atoms with Gasteiger partial charge >= 0.3 is 5.97 Å².